The normalized spacial score (nSPS) is 16.1. The summed E-state index contributed by atoms with van der Waals surface area (Å²) in [6, 6.07) is 0. The number of nitrogens with zero attached hydrogens (tertiary/aromatic N) is 3. The van der Waals surface area contributed by atoms with Gasteiger partial charge in [-0.15, -0.1) is 0 Å². The van der Waals surface area contributed by atoms with Gasteiger partial charge >= 0.3 is 0 Å². The average molecular weight is 310 g/mol. The standard InChI is InChI=1S/C15H26N4OS/c1-4-16-14-13(12(2)17-15(18-14)21-3)6-5-7-19-8-10-20-11-9-19/h4-11H2,1-3H3,(H,16,17,18). The topological polar surface area (TPSA) is 50.3 Å². The zero-order valence-electron chi connectivity index (χ0n) is 13.3. The molecule has 1 N–H and O–H groups in total. The molecule has 2 rings (SSSR count). The molecule has 2 heterocycles. The summed E-state index contributed by atoms with van der Waals surface area (Å²) in [5.41, 5.74) is 2.37. The van der Waals surface area contributed by atoms with Gasteiger partial charge in [-0.25, -0.2) is 9.97 Å². The Morgan fingerprint density at radius 1 is 1.29 bits per heavy atom. The smallest absolute Gasteiger partial charge is 0.189 e. The van der Waals surface area contributed by atoms with Gasteiger partial charge in [-0.3, -0.25) is 4.90 Å². The maximum Gasteiger partial charge on any atom is 0.189 e. The van der Waals surface area contributed by atoms with E-state index in [1.807, 2.05) is 6.26 Å². The summed E-state index contributed by atoms with van der Waals surface area (Å²) in [6.45, 7) is 10.1. The number of hydrogen-bond acceptors (Lipinski definition) is 6. The van der Waals surface area contributed by atoms with Crippen molar-refractivity contribution in [3.63, 3.8) is 0 Å². The van der Waals surface area contributed by atoms with Crippen molar-refractivity contribution in [2.45, 2.75) is 31.8 Å². The van der Waals surface area contributed by atoms with Crippen molar-refractivity contribution in [2.24, 2.45) is 0 Å². The lowest BCUT2D eigenvalue weighted by Crippen LogP contribution is -2.37. The molecule has 21 heavy (non-hydrogen) atoms. The van der Waals surface area contributed by atoms with E-state index in [-0.39, 0.29) is 0 Å². The van der Waals surface area contributed by atoms with Gasteiger partial charge in [-0.1, -0.05) is 11.8 Å². The lowest BCUT2D eigenvalue weighted by atomic mass is 10.1. The van der Waals surface area contributed by atoms with Crippen LogP contribution in [0.3, 0.4) is 0 Å². The number of aromatic nitrogens is 2. The van der Waals surface area contributed by atoms with Crippen molar-refractivity contribution >= 4 is 17.6 Å². The van der Waals surface area contributed by atoms with Crippen LogP contribution in [0.5, 0.6) is 0 Å². The molecule has 6 heteroatoms. The zero-order valence-corrected chi connectivity index (χ0v) is 14.1. The number of ether oxygens (including phenoxy) is 1. The fourth-order valence-electron chi connectivity index (χ4n) is 2.58. The minimum atomic E-state index is 0.848. The predicted molar refractivity (Wildman–Crippen MR) is 88.3 cm³/mol. The van der Waals surface area contributed by atoms with E-state index >= 15 is 0 Å². The monoisotopic (exact) mass is 310 g/mol. The third-order valence-electron chi connectivity index (χ3n) is 3.72. The van der Waals surface area contributed by atoms with Gasteiger partial charge in [0, 0.05) is 30.9 Å². The van der Waals surface area contributed by atoms with Gasteiger partial charge in [0.25, 0.3) is 0 Å². The Kier molecular flexibility index (Phi) is 6.73. The summed E-state index contributed by atoms with van der Waals surface area (Å²) in [7, 11) is 0. The Bertz CT molecular complexity index is 450. The number of rotatable bonds is 7. The second kappa shape index (κ2) is 8.56. The molecule has 1 saturated heterocycles. The minimum absolute atomic E-state index is 0.848. The maximum absolute atomic E-state index is 5.39. The van der Waals surface area contributed by atoms with Crippen LogP contribution in [0.25, 0.3) is 0 Å². The van der Waals surface area contributed by atoms with Gasteiger partial charge in [0.05, 0.1) is 13.2 Å². The van der Waals surface area contributed by atoms with E-state index in [0.717, 1.165) is 68.9 Å². The molecule has 0 unspecified atom stereocenters. The summed E-state index contributed by atoms with van der Waals surface area (Å²) >= 11 is 1.59. The van der Waals surface area contributed by atoms with Gasteiger partial charge in [-0.05, 0) is 39.5 Å². The van der Waals surface area contributed by atoms with Crippen LogP contribution in [0.2, 0.25) is 0 Å². The number of nitrogens with one attached hydrogen (secondary N) is 1. The van der Waals surface area contributed by atoms with Gasteiger partial charge < -0.3 is 10.1 Å². The molecule has 0 saturated carbocycles. The van der Waals surface area contributed by atoms with Crippen molar-refractivity contribution in [3.05, 3.63) is 11.3 Å². The first-order valence-corrected chi connectivity index (χ1v) is 8.92. The van der Waals surface area contributed by atoms with E-state index in [9.17, 15) is 0 Å². The molecular weight excluding hydrogens is 284 g/mol. The van der Waals surface area contributed by atoms with E-state index in [1.54, 1.807) is 11.8 Å². The van der Waals surface area contributed by atoms with Crippen molar-refractivity contribution in [2.75, 3.05) is 51.0 Å². The van der Waals surface area contributed by atoms with Crippen LogP contribution >= 0.6 is 11.8 Å². The van der Waals surface area contributed by atoms with Gasteiger partial charge in [0.1, 0.15) is 5.82 Å². The number of hydrogen-bond donors (Lipinski definition) is 1. The molecule has 1 aromatic rings. The first kappa shape index (κ1) is 16.5. The Morgan fingerprint density at radius 2 is 2.05 bits per heavy atom. The average Bonchev–Trinajstić information content (AvgIpc) is 2.51. The lowest BCUT2D eigenvalue weighted by molar-refractivity contribution is 0.0374. The third kappa shape index (κ3) is 4.83. The third-order valence-corrected chi connectivity index (χ3v) is 4.27. The summed E-state index contributed by atoms with van der Waals surface area (Å²) in [4.78, 5) is 11.7. The van der Waals surface area contributed by atoms with Crippen molar-refractivity contribution < 1.29 is 4.74 Å². The Hall–Kier alpha value is -0.850. The highest BCUT2D eigenvalue weighted by Crippen LogP contribution is 2.21. The van der Waals surface area contributed by atoms with E-state index in [1.165, 1.54) is 5.56 Å². The first-order valence-electron chi connectivity index (χ1n) is 7.70. The molecule has 1 aliphatic heterocycles. The van der Waals surface area contributed by atoms with Crippen LogP contribution in [0, 0.1) is 6.92 Å². The molecule has 5 nitrogen and oxygen atoms in total. The SMILES string of the molecule is CCNc1nc(SC)nc(C)c1CCCN1CCOCC1. The fraction of sp³-hybridized carbons (Fsp3) is 0.733. The molecule has 118 valence electrons. The van der Waals surface area contributed by atoms with E-state index in [0.29, 0.717) is 0 Å². The zero-order chi connectivity index (χ0) is 15.1. The summed E-state index contributed by atoms with van der Waals surface area (Å²) in [6.07, 6.45) is 4.18. The van der Waals surface area contributed by atoms with Crippen LogP contribution < -0.4 is 5.32 Å². The van der Waals surface area contributed by atoms with Crippen LogP contribution in [-0.4, -0.2) is 60.5 Å². The number of thioether (sulfide) groups is 1. The molecule has 1 fully saturated rings. The van der Waals surface area contributed by atoms with Crippen molar-refractivity contribution in [3.8, 4) is 0 Å². The van der Waals surface area contributed by atoms with Gasteiger partial charge in [0.2, 0.25) is 0 Å². The van der Waals surface area contributed by atoms with Gasteiger partial charge in [0.15, 0.2) is 5.16 Å². The lowest BCUT2D eigenvalue weighted by Gasteiger charge is -2.26. The summed E-state index contributed by atoms with van der Waals surface area (Å²) < 4.78 is 5.39. The maximum atomic E-state index is 5.39. The number of morpholine rings is 1. The second-order valence-electron chi connectivity index (χ2n) is 5.21. The molecule has 0 aliphatic carbocycles. The first-order chi connectivity index (χ1) is 10.2. The highest BCUT2D eigenvalue weighted by molar-refractivity contribution is 7.98. The number of aryl methyl sites for hydroxylation is 1. The molecule has 0 radical (unpaired) electrons. The molecule has 0 atom stereocenters. The Balaban J connectivity index is 1.97. The van der Waals surface area contributed by atoms with E-state index in [2.05, 4.69) is 34.0 Å². The molecule has 0 bridgehead atoms. The molecule has 1 aromatic heterocycles. The highest BCUT2D eigenvalue weighted by atomic mass is 32.2. The molecule has 1 aliphatic rings. The quantitative estimate of drug-likeness (QED) is 0.615. The highest BCUT2D eigenvalue weighted by Gasteiger charge is 2.13. The van der Waals surface area contributed by atoms with Crippen molar-refractivity contribution in [1.82, 2.24) is 14.9 Å². The van der Waals surface area contributed by atoms with E-state index in [4.69, 9.17) is 4.74 Å². The van der Waals surface area contributed by atoms with Crippen molar-refractivity contribution in [1.29, 1.82) is 0 Å². The molecular formula is C15H26N4OS. The predicted octanol–water partition coefficient (Wildman–Crippen LogP) is 2.20. The molecule has 0 aromatic carbocycles. The second-order valence-corrected chi connectivity index (χ2v) is 5.98. The number of anilines is 1. The van der Waals surface area contributed by atoms with Crippen LogP contribution in [-0.2, 0) is 11.2 Å². The van der Waals surface area contributed by atoms with Gasteiger partial charge in [-0.2, -0.15) is 0 Å². The minimum Gasteiger partial charge on any atom is -0.379 e. The molecule has 0 spiro atoms. The summed E-state index contributed by atoms with van der Waals surface area (Å²) in [5, 5.41) is 4.23. The van der Waals surface area contributed by atoms with E-state index < -0.39 is 0 Å². The summed E-state index contributed by atoms with van der Waals surface area (Å²) in [5.74, 6) is 1.01. The Morgan fingerprint density at radius 3 is 2.71 bits per heavy atom. The fourth-order valence-corrected chi connectivity index (χ4v) is 2.99. The Labute approximate surface area is 131 Å². The molecule has 0 amide bonds. The largest absolute Gasteiger partial charge is 0.379 e. The van der Waals surface area contributed by atoms with Crippen LogP contribution in [0.15, 0.2) is 5.16 Å². The van der Waals surface area contributed by atoms with Crippen LogP contribution in [0.1, 0.15) is 24.6 Å². The van der Waals surface area contributed by atoms with Crippen LogP contribution in [0.4, 0.5) is 5.82 Å².